The Labute approximate surface area is 214 Å². The first kappa shape index (κ1) is 26.4. The van der Waals surface area contributed by atoms with Crippen LogP contribution in [0, 0.1) is 5.82 Å². The maximum Gasteiger partial charge on any atom is 0.323 e. The van der Waals surface area contributed by atoms with E-state index in [1.807, 2.05) is 0 Å². The van der Waals surface area contributed by atoms with Gasteiger partial charge in [0.05, 0.1) is 30.7 Å². The van der Waals surface area contributed by atoms with Gasteiger partial charge in [-0.05, 0) is 49.2 Å². The third-order valence-electron chi connectivity index (χ3n) is 6.39. The summed E-state index contributed by atoms with van der Waals surface area (Å²) >= 11 is 0. The van der Waals surface area contributed by atoms with E-state index in [0.717, 1.165) is 0 Å². The van der Waals surface area contributed by atoms with E-state index in [0.29, 0.717) is 48.7 Å². The lowest BCUT2D eigenvalue weighted by Gasteiger charge is -2.42. The van der Waals surface area contributed by atoms with E-state index >= 15 is 0 Å². The smallest absolute Gasteiger partial charge is 0.323 e. The standard InChI is InChI=1S/C26H31FN4O6/c1-31-21-8-7-19(14-24(32)28-10-11-35-2)37-23(21)15-36-22-9-6-18(13-20(22)25(31)33)30-26(34)29-17-5-3-4-16(27)12-17/h3-6,9,12-13,19,21,23H,7-8,10-11,14-15H2,1-2H3,(H,28,32)(H2,29,30,34)/t19-,21+,23+/m0/s1. The number of hydrogen-bond donors (Lipinski definition) is 3. The van der Waals surface area contributed by atoms with Crippen molar-refractivity contribution in [1.29, 1.82) is 0 Å². The van der Waals surface area contributed by atoms with Crippen LogP contribution in [0.1, 0.15) is 29.6 Å². The summed E-state index contributed by atoms with van der Waals surface area (Å²) in [5.41, 5.74) is 0.996. The van der Waals surface area contributed by atoms with Gasteiger partial charge in [-0.3, -0.25) is 9.59 Å². The molecule has 1 fully saturated rings. The minimum atomic E-state index is -0.573. The van der Waals surface area contributed by atoms with Gasteiger partial charge in [-0.15, -0.1) is 0 Å². The van der Waals surface area contributed by atoms with Gasteiger partial charge >= 0.3 is 6.03 Å². The number of anilines is 2. The van der Waals surface area contributed by atoms with Crippen molar-refractivity contribution in [2.45, 2.75) is 37.5 Å². The normalized spacial score (nSPS) is 21.0. The molecule has 11 heteroatoms. The van der Waals surface area contributed by atoms with Gasteiger partial charge in [-0.25, -0.2) is 9.18 Å². The lowest BCUT2D eigenvalue weighted by atomic mass is 9.94. The number of likely N-dealkylation sites (N-methyl/N-ethyl adjacent to an activating group) is 1. The number of carbonyl (C=O) groups excluding carboxylic acids is 3. The molecule has 0 spiro atoms. The molecule has 0 aliphatic carbocycles. The molecule has 2 aliphatic rings. The minimum Gasteiger partial charge on any atom is -0.490 e. The molecule has 198 valence electrons. The molecule has 0 radical (unpaired) electrons. The molecule has 2 heterocycles. The number of carbonyl (C=O) groups is 3. The number of fused-ring (bicyclic) bond motifs is 2. The van der Waals surface area contributed by atoms with Crippen molar-refractivity contribution in [2.75, 3.05) is 44.5 Å². The number of methoxy groups -OCH3 is 1. The van der Waals surface area contributed by atoms with E-state index in [1.54, 1.807) is 43.3 Å². The molecule has 3 atom stereocenters. The zero-order valence-electron chi connectivity index (χ0n) is 20.8. The summed E-state index contributed by atoms with van der Waals surface area (Å²) in [4.78, 5) is 39.6. The molecule has 2 aromatic carbocycles. The van der Waals surface area contributed by atoms with Crippen LogP contribution in [0.2, 0.25) is 0 Å². The van der Waals surface area contributed by atoms with Crippen molar-refractivity contribution in [3.05, 3.63) is 53.8 Å². The van der Waals surface area contributed by atoms with Gasteiger partial charge in [-0.2, -0.15) is 0 Å². The molecular formula is C26H31FN4O6. The second-order valence-electron chi connectivity index (χ2n) is 9.02. The Kier molecular flexibility index (Phi) is 8.57. The lowest BCUT2D eigenvalue weighted by molar-refractivity contribution is -0.134. The van der Waals surface area contributed by atoms with Crippen LogP contribution in [0.15, 0.2) is 42.5 Å². The summed E-state index contributed by atoms with van der Waals surface area (Å²) < 4.78 is 30.5. The highest BCUT2D eigenvalue weighted by atomic mass is 19.1. The number of hydrogen-bond acceptors (Lipinski definition) is 6. The largest absolute Gasteiger partial charge is 0.490 e. The number of amides is 4. The van der Waals surface area contributed by atoms with Crippen LogP contribution in [-0.4, -0.2) is 74.9 Å². The number of benzene rings is 2. The minimum absolute atomic E-state index is 0.108. The maximum atomic E-state index is 13.4. The Hall–Kier alpha value is -3.70. The van der Waals surface area contributed by atoms with Crippen molar-refractivity contribution in [3.8, 4) is 5.75 Å². The second-order valence-corrected chi connectivity index (χ2v) is 9.02. The van der Waals surface area contributed by atoms with Gasteiger partial charge in [0.15, 0.2) is 0 Å². The lowest BCUT2D eigenvalue weighted by Crippen LogP contribution is -2.54. The van der Waals surface area contributed by atoms with E-state index in [1.165, 1.54) is 18.2 Å². The zero-order valence-corrected chi connectivity index (χ0v) is 20.8. The van der Waals surface area contributed by atoms with Gasteiger partial charge < -0.3 is 35.1 Å². The quantitative estimate of drug-likeness (QED) is 0.489. The monoisotopic (exact) mass is 514 g/mol. The number of halogens is 1. The SMILES string of the molecule is COCCNC(=O)C[C@@H]1CC[C@@H]2[C@@H](COc3ccc(NC(=O)Nc4cccc(F)c4)cc3C(=O)N2C)O1. The van der Waals surface area contributed by atoms with Crippen LogP contribution >= 0.6 is 0 Å². The molecule has 2 aromatic rings. The predicted octanol–water partition coefficient (Wildman–Crippen LogP) is 3.00. The number of urea groups is 1. The average Bonchev–Trinajstić information content (AvgIpc) is 2.86. The summed E-state index contributed by atoms with van der Waals surface area (Å²) in [7, 11) is 3.29. The van der Waals surface area contributed by atoms with E-state index < -0.39 is 11.8 Å². The van der Waals surface area contributed by atoms with Crippen LogP contribution < -0.4 is 20.7 Å². The van der Waals surface area contributed by atoms with Crippen LogP contribution in [0.4, 0.5) is 20.6 Å². The molecule has 2 aliphatic heterocycles. The predicted molar refractivity (Wildman–Crippen MR) is 134 cm³/mol. The third-order valence-corrected chi connectivity index (χ3v) is 6.39. The van der Waals surface area contributed by atoms with Gasteiger partial charge in [-0.1, -0.05) is 6.07 Å². The highest BCUT2D eigenvalue weighted by Crippen LogP contribution is 2.32. The summed E-state index contributed by atoms with van der Waals surface area (Å²) in [6.07, 6.45) is 0.870. The molecule has 0 aromatic heterocycles. The molecule has 0 unspecified atom stereocenters. The number of nitrogens with one attached hydrogen (secondary N) is 3. The molecule has 0 saturated carbocycles. The first-order valence-electron chi connectivity index (χ1n) is 12.1. The van der Waals surface area contributed by atoms with E-state index in [-0.39, 0.29) is 43.1 Å². The Balaban J connectivity index is 1.40. The number of rotatable bonds is 7. The van der Waals surface area contributed by atoms with Crippen molar-refractivity contribution in [1.82, 2.24) is 10.2 Å². The molecule has 0 bridgehead atoms. The van der Waals surface area contributed by atoms with Crippen molar-refractivity contribution >= 4 is 29.2 Å². The topological polar surface area (TPSA) is 118 Å². The van der Waals surface area contributed by atoms with Gasteiger partial charge in [0.2, 0.25) is 5.91 Å². The second kappa shape index (κ2) is 12.0. The summed E-state index contributed by atoms with van der Waals surface area (Å²) in [6.45, 7) is 1.09. The molecular weight excluding hydrogens is 483 g/mol. The van der Waals surface area contributed by atoms with Crippen molar-refractivity contribution in [3.63, 3.8) is 0 Å². The molecule has 4 amide bonds. The summed E-state index contributed by atoms with van der Waals surface area (Å²) in [6, 6.07) is 9.53. The first-order chi connectivity index (χ1) is 17.8. The Morgan fingerprint density at radius 2 is 1.92 bits per heavy atom. The highest BCUT2D eigenvalue weighted by Gasteiger charge is 2.39. The van der Waals surface area contributed by atoms with E-state index in [9.17, 15) is 18.8 Å². The fourth-order valence-electron chi connectivity index (χ4n) is 4.54. The molecule has 37 heavy (non-hydrogen) atoms. The van der Waals surface area contributed by atoms with Crippen LogP contribution in [-0.2, 0) is 14.3 Å². The van der Waals surface area contributed by atoms with Gasteiger partial charge in [0, 0.05) is 32.1 Å². The summed E-state index contributed by atoms with van der Waals surface area (Å²) in [5, 5.41) is 8.01. The van der Waals surface area contributed by atoms with Crippen molar-refractivity contribution < 1.29 is 33.0 Å². The maximum absolute atomic E-state index is 13.4. The van der Waals surface area contributed by atoms with Crippen LogP contribution in [0.25, 0.3) is 0 Å². The average molecular weight is 515 g/mol. The number of ether oxygens (including phenoxy) is 3. The van der Waals surface area contributed by atoms with E-state index in [2.05, 4.69) is 16.0 Å². The Morgan fingerprint density at radius 1 is 1.14 bits per heavy atom. The molecule has 3 N–H and O–H groups in total. The van der Waals surface area contributed by atoms with E-state index in [4.69, 9.17) is 14.2 Å². The molecule has 10 nitrogen and oxygen atoms in total. The Bertz CT molecular complexity index is 1150. The van der Waals surface area contributed by atoms with Crippen LogP contribution in [0.5, 0.6) is 5.75 Å². The zero-order chi connectivity index (χ0) is 26.4. The fourth-order valence-corrected chi connectivity index (χ4v) is 4.54. The fraction of sp³-hybridized carbons (Fsp3) is 0.423. The number of nitrogens with zero attached hydrogens (tertiary/aromatic N) is 1. The molecule has 4 rings (SSSR count). The Morgan fingerprint density at radius 3 is 2.68 bits per heavy atom. The van der Waals surface area contributed by atoms with Gasteiger partial charge in [0.25, 0.3) is 5.91 Å². The molecule has 1 saturated heterocycles. The van der Waals surface area contributed by atoms with Gasteiger partial charge in [0.1, 0.15) is 24.3 Å². The first-order valence-corrected chi connectivity index (χ1v) is 12.1. The third kappa shape index (κ3) is 6.75. The van der Waals surface area contributed by atoms with Crippen LogP contribution in [0.3, 0.4) is 0 Å². The van der Waals surface area contributed by atoms with Crippen molar-refractivity contribution in [2.24, 2.45) is 0 Å². The highest BCUT2D eigenvalue weighted by molar-refractivity contribution is 6.02. The summed E-state index contributed by atoms with van der Waals surface area (Å²) in [5.74, 6) is -0.470.